The Labute approximate surface area is 218 Å². The predicted molar refractivity (Wildman–Crippen MR) is 140 cm³/mol. The summed E-state index contributed by atoms with van der Waals surface area (Å²) in [5.41, 5.74) is 5.06. The van der Waals surface area contributed by atoms with E-state index >= 15 is 0 Å². The molecule has 0 unspecified atom stereocenters. The van der Waals surface area contributed by atoms with E-state index in [1.807, 2.05) is 28.9 Å². The van der Waals surface area contributed by atoms with E-state index in [2.05, 4.69) is 32.9 Å². The van der Waals surface area contributed by atoms with Gasteiger partial charge in [0, 0.05) is 49.5 Å². The number of nitrogens with zero attached hydrogens (tertiary/aromatic N) is 7. The summed E-state index contributed by atoms with van der Waals surface area (Å²) < 4.78 is 19.1. The van der Waals surface area contributed by atoms with E-state index < -0.39 is 6.17 Å². The molecule has 3 fully saturated rings. The molecule has 5 aromatic rings. The number of rotatable bonds is 8. The highest BCUT2D eigenvalue weighted by Crippen LogP contribution is 2.59. The lowest BCUT2D eigenvalue weighted by molar-refractivity contribution is 0.130. The van der Waals surface area contributed by atoms with Gasteiger partial charge in [-0.2, -0.15) is 0 Å². The number of alkyl halides is 1. The third-order valence-corrected chi connectivity index (χ3v) is 7.90. The van der Waals surface area contributed by atoms with Crippen molar-refractivity contribution in [3.8, 4) is 16.9 Å². The second-order valence-electron chi connectivity index (χ2n) is 10.7. The van der Waals surface area contributed by atoms with Gasteiger partial charge >= 0.3 is 0 Å². The Morgan fingerprint density at radius 1 is 1.08 bits per heavy atom. The second-order valence-corrected chi connectivity index (χ2v) is 10.7. The zero-order valence-corrected chi connectivity index (χ0v) is 20.7. The fourth-order valence-electron chi connectivity index (χ4n) is 6.03. The lowest BCUT2D eigenvalue weighted by Crippen LogP contribution is -2.38. The van der Waals surface area contributed by atoms with Gasteiger partial charge in [0.15, 0.2) is 0 Å². The fraction of sp³-hybridized carbons (Fsp3) is 0.321. The standard InChI is InChI=1S/C28H27FN8O/c29-24-10-28(8-21(24)9-28)18-31-11-19-4-5-26-32-22(15-35(26)14-19)16-36-17-25(33-34-36)20-7-23(13-30-12-20)37-6-2-1-3-27(37)38/h1-7,12-15,17,21,24,31H,8-11,16,18H2/t21?,24-,28?/m1/s1. The number of nitrogens with one attached hydrogen (secondary N) is 1. The van der Waals surface area contributed by atoms with E-state index in [0.717, 1.165) is 48.4 Å². The molecule has 5 aromatic heterocycles. The van der Waals surface area contributed by atoms with E-state index in [0.29, 0.717) is 30.3 Å². The molecule has 2 bridgehead atoms. The van der Waals surface area contributed by atoms with Gasteiger partial charge in [0.25, 0.3) is 5.56 Å². The summed E-state index contributed by atoms with van der Waals surface area (Å²) in [5, 5.41) is 12.1. The molecule has 192 valence electrons. The Balaban J connectivity index is 1.03. The Bertz CT molecular complexity index is 1680. The summed E-state index contributed by atoms with van der Waals surface area (Å²) in [5.74, 6) is 0.306. The Morgan fingerprint density at radius 2 is 2.00 bits per heavy atom. The van der Waals surface area contributed by atoms with E-state index in [9.17, 15) is 9.18 Å². The van der Waals surface area contributed by atoms with Crippen LogP contribution in [0.4, 0.5) is 4.39 Å². The van der Waals surface area contributed by atoms with Crippen LogP contribution in [0.25, 0.3) is 22.6 Å². The first-order valence-corrected chi connectivity index (χ1v) is 12.9. The average Bonchev–Trinajstić information content (AvgIpc) is 3.66. The first kappa shape index (κ1) is 23.0. The molecule has 38 heavy (non-hydrogen) atoms. The monoisotopic (exact) mass is 510 g/mol. The van der Waals surface area contributed by atoms with Crippen molar-refractivity contribution < 1.29 is 4.39 Å². The van der Waals surface area contributed by atoms with Crippen LogP contribution < -0.4 is 10.9 Å². The molecular weight excluding hydrogens is 483 g/mol. The molecule has 3 aliphatic rings. The maximum Gasteiger partial charge on any atom is 0.255 e. The Hall–Kier alpha value is -4.18. The molecule has 3 saturated carbocycles. The molecule has 3 aliphatic carbocycles. The van der Waals surface area contributed by atoms with Gasteiger partial charge in [-0.1, -0.05) is 17.3 Å². The third-order valence-electron chi connectivity index (χ3n) is 7.90. The molecule has 9 nitrogen and oxygen atoms in total. The number of hydrogen-bond donors (Lipinski definition) is 1. The van der Waals surface area contributed by atoms with Crippen molar-refractivity contribution in [1.29, 1.82) is 0 Å². The SMILES string of the molecule is O=c1ccccn1-c1cncc(-c2cn(Cc3cn4cc(CNCC56CC(C5)[C@H](F)C6)ccc4n3)nn2)c1. The van der Waals surface area contributed by atoms with Gasteiger partial charge in [0.2, 0.25) is 0 Å². The molecule has 0 saturated heterocycles. The average molecular weight is 511 g/mol. The molecule has 0 spiro atoms. The maximum atomic E-state index is 13.8. The van der Waals surface area contributed by atoms with E-state index in [-0.39, 0.29) is 11.0 Å². The highest BCUT2D eigenvalue weighted by Gasteiger charge is 2.55. The molecule has 10 heteroatoms. The van der Waals surface area contributed by atoms with Crippen molar-refractivity contribution in [2.75, 3.05) is 6.54 Å². The molecule has 0 radical (unpaired) electrons. The van der Waals surface area contributed by atoms with Gasteiger partial charge in [-0.25, -0.2) is 14.1 Å². The van der Waals surface area contributed by atoms with Crippen LogP contribution in [0.3, 0.4) is 0 Å². The second kappa shape index (κ2) is 8.98. The van der Waals surface area contributed by atoms with Crippen molar-refractivity contribution in [2.45, 2.75) is 38.5 Å². The number of halogens is 1. The van der Waals surface area contributed by atoms with Gasteiger partial charge in [-0.3, -0.25) is 14.3 Å². The summed E-state index contributed by atoms with van der Waals surface area (Å²) in [6, 6.07) is 11.0. The van der Waals surface area contributed by atoms with Crippen LogP contribution in [0.15, 0.2) is 78.4 Å². The summed E-state index contributed by atoms with van der Waals surface area (Å²) in [6.07, 6.45) is 13.2. The number of hydrogen-bond acceptors (Lipinski definition) is 6. The first-order valence-electron chi connectivity index (χ1n) is 12.9. The topological polar surface area (TPSA) is 94.9 Å². The fourth-order valence-corrected chi connectivity index (χ4v) is 6.03. The van der Waals surface area contributed by atoms with E-state index in [4.69, 9.17) is 4.98 Å². The summed E-state index contributed by atoms with van der Waals surface area (Å²) in [7, 11) is 0. The molecule has 0 aliphatic heterocycles. The smallest absolute Gasteiger partial charge is 0.255 e. The van der Waals surface area contributed by atoms with Crippen LogP contribution in [0, 0.1) is 11.3 Å². The van der Waals surface area contributed by atoms with Crippen LogP contribution in [0.5, 0.6) is 0 Å². The largest absolute Gasteiger partial charge is 0.312 e. The quantitative estimate of drug-likeness (QED) is 0.344. The molecule has 0 amide bonds. The van der Waals surface area contributed by atoms with Crippen molar-refractivity contribution in [3.05, 3.63) is 95.2 Å². The van der Waals surface area contributed by atoms with Gasteiger partial charge < -0.3 is 9.72 Å². The number of pyridine rings is 3. The maximum absolute atomic E-state index is 13.8. The van der Waals surface area contributed by atoms with Crippen LogP contribution in [0.1, 0.15) is 30.5 Å². The molecule has 0 aromatic carbocycles. The lowest BCUT2D eigenvalue weighted by atomic mass is 9.69. The van der Waals surface area contributed by atoms with Gasteiger partial charge in [-0.05, 0) is 54.4 Å². The third kappa shape index (κ3) is 4.20. The zero-order chi connectivity index (χ0) is 25.7. The first-order chi connectivity index (χ1) is 18.5. The lowest BCUT2D eigenvalue weighted by Gasteiger charge is -2.38. The van der Waals surface area contributed by atoms with Gasteiger partial charge in [-0.15, -0.1) is 5.10 Å². The van der Waals surface area contributed by atoms with Crippen molar-refractivity contribution in [1.82, 2.24) is 39.2 Å². The van der Waals surface area contributed by atoms with Crippen LogP contribution in [0.2, 0.25) is 0 Å². The number of fused-ring (bicyclic) bond motifs is 2. The summed E-state index contributed by atoms with van der Waals surface area (Å²) in [4.78, 5) is 21.2. The molecular formula is C28H27FN8O. The number of aromatic nitrogens is 7. The summed E-state index contributed by atoms with van der Waals surface area (Å²) in [6.45, 7) is 2.11. The minimum atomic E-state index is -0.597. The highest BCUT2D eigenvalue weighted by molar-refractivity contribution is 5.59. The highest BCUT2D eigenvalue weighted by atomic mass is 19.1. The minimum absolute atomic E-state index is 0.124. The van der Waals surface area contributed by atoms with E-state index in [1.54, 1.807) is 35.4 Å². The summed E-state index contributed by atoms with van der Waals surface area (Å²) >= 11 is 0. The van der Waals surface area contributed by atoms with Crippen molar-refractivity contribution in [2.24, 2.45) is 11.3 Å². The Morgan fingerprint density at radius 3 is 2.84 bits per heavy atom. The Kier molecular flexibility index (Phi) is 5.43. The molecule has 5 heterocycles. The van der Waals surface area contributed by atoms with Crippen molar-refractivity contribution in [3.63, 3.8) is 0 Å². The normalized spacial score (nSPS) is 22.1. The predicted octanol–water partition coefficient (Wildman–Crippen LogP) is 3.41. The zero-order valence-electron chi connectivity index (χ0n) is 20.7. The van der Waals surface area contributed by atoms with Crippen molar-refractivity contribution >= 4 is 5.65 Å². The van der Waals surface area contributed by atoms with Gasteiger partial charge in [0.1, 0.15) is 17.5 Å². The number of imidazole rings is 1. The van der Waals surface area contributed by atoms with Crippen LogP contribution in [-0.2, 0) is 13.1 Å². The van der Waals surface area contributed by atoms with E-state index in [1.165, 1.54) is 10.6 Å². The molecule has 1 N–H and O–H groups in total. The van der Waals surface area contributed by atoms with Crippen LogP contribution in [-0.4, -0.2) is 46.6 Å². The molecule has 8 rings (SSSR count). The minimum Gasteiger partial charge on any atom is -0.312 e. The van der Waals surface area contributed by atoms with Gasteiger partial charge in [0.05, 0.1) is 30.3 Å². The molecule has 1 atom stereocenters. The van der Waals surface area contributed by atoms with Crippen LogP contribution >= 0.6 is 0 Å².